The normalized spacial score (nSPS) is 24.6. The molecule has 1 aromatic heterocycles. The van der Waals surface area contributed by atoms with Crippen LogP contribution in [0.4, 0.5) is 5.88 Å². The van der Waals surface area contributed by atoms with Crippen molar-refractivity contribution in [1.29, 1.82) is 0 Å². The monoisotopic (exact) mass is 281 g/mol. The molecule has 0 bridgehead atoms. The zero-order valence-corrected chi connectivity index (χ0v) is 12.8. The number of anilines is 1. The van der Waals surface area contributed by atoms with E-state index in [4.69, 9.17) is 9.26 Å². The number of ether oxygens (including phenoxy) is 1. The Bertz CT molecular complexity index is 492. The Morgan fingerprint density at radius 2 is 2.20 bits per heavy atom. The lowest BCUT2D eigenvalue weighted by Crippen LogP contribution is -2.55. The van der Waals surface area contributed by atoms with Crippen molar-refractivity contribution in [2.24, 2.45) is 0 Å². The van der Waals surface area contributed by atoms with E-state index in [1.807, 2.05) is 27.8 Å². The van der Waals surface area contributed by atoms with Crippen LogP contribution in [-0.4, -0.2) is 48.3 Å². The zero-order valence-electron chi connectivity index (χ0n) is 12.8. The third kappa shape index (κ3) is 3.19. The highest BCUT2D eigenvalue weighted by Gasteiger charge is 2.38. The predicted octanol–water partition coefficient (Wildman–Crippen LogP) is 1.63. The molecule has 6 nitrogen and oxygen atoms in total. The number of nitrogens with one attached hydrogen (secondary N) is 1. The van der Waals surface area contributed by atoms with Gasteiger partial charge in [0.05, 0.1) is 12.3 Å². The minimum atomic E-state index is -0.859. The maximum absolute atomic E-state index is 12.3. The van der Waals surface area contributed by atoms with Crippen LogP contribution in [-0.2, 0) is 14.9 Å². The fourth-order valence-corrected chi connectivity index (χ4v) is 2.14. The summed E-state index contributed by atoms with van der Waals surface area (Å²) in [5.74, 6) is 0.152. The van der Waals surface area contributed by atoms with E-state index in [0.717, 1.165) is 12.2 Å². The van der Waals surface area contributed by atoms with Crippen molar-refractivity contribution in [3.63, 3.8) is 0 Å². The van der Waals surface area contributed by atoms with Crippen molar-refractivity contribution in [3.05, 3.63) is 11.8 Å². The van der Waals surface area contributed by atoms with E-state index in [1.165, 1.54) is 0 Å². The largest absolute Gasteiger partial charge is 0.363 e. The molecule has 1 amide bonds. The van der Waals surface area contributed by atoms with Gasteiger partial charge in [0.15, 0.2) is 5.60 Å². The maximum Gasteiger partial charge on any atom is 0.260 e. The standard InChI is InChI=1S/C14H23N3O3/c1-13(2,3)10-8-11(20-16-10)15-12(18)14(4)9-17(5)6-7-19-14/h8H,6-7,9H2,1-5H3,(H,15,18)/t14-/m1/s1. The number of carbonyl (C=O) groups excluding carboxylic acids is 1. The smallest absolute Gasteiger partial charge is 0.260 e. The van der Waals surface area contributed by atoms with E-state index in [2.05, 4.69) is 15.4 Å². The van der Waals surface area contributed by atoms with Crippen molar-refractivity contribution in [3.8, 4) is 0 Å². The summed E-state index contributed by atoms with van der Waals surface area (Å²) < 4.78 is 10.8. The molecule has 0 aromatic carbocycles. The van der Waals surface area contributed by atoms with Crippen molar-refractivity contribution >= 4 is 11.8 Å². The Hall–Kier alpha value is -1.40. The van der Waals surface area contributed by atoms with Gasteiger partial charge < -0.3 is 14.2 Å². The number of rotatable bonds is 2. The molecular weight excluding hydrogens is 258 g/mol. The lowest BCUT2D eigenvalue weighted by molar-refractivity contribution is -0.149. The van der Waals surface area contributed by atoms with Gasteiger partial charge >= 0.3 is 0 Å². The van der Waals surface area contributed by atoms with Gasteiger partial charge in [-0.15, -0.1) is 0 Å². The van der Waals surface area contributed by atoms with Crippen LogP contribution in [0.25, 0.3) is 0 Å². The third-order valence-electron chi connectivity index (χ3n) is 3.46. The third-order valence-corrected chi connectivity index (χ3v) is 3.46. The van der Waals surface area contributed by atoms with Gasteiger partial charge in [0.1, 0.15) is 0 Å². The number of hydrogen-bond donors (Lipinski definition) is 1. The molecule has 0 aliphatic carbocycles. The highest BCUT2D eigenvalue weighted by Crippen LogP contribution is 2.25. The molecule has 0 spiro atoms. The summed E-state index contributed by atoms with van der Waals surface area (Å²) >= 11 is 0. The molecular formula is C14H23N3O3. The molecule has 1 fully saturated rings. The molecule has 0 radical (unpaired) electrons. The van der Waals surface area contributed by atoms with Gasteiger partial charge in [-0.3, -0.25) is 10.1 Å². The number of amides is 1. The number of hydrogen-bond acceptors (Lipinski definition) is 5. The molecule has 2 heterocycles. The maximum atomic E-state index is 12.3. The van der Waals surface area contributed by atoms with Gasteiger partial charge in [0.2, 0.25) is 5.88 Å². The second-order valence-electron chi connectivity index (χ2n) is 6.60. The van der Waals surface area contributed by atoms with Crippen LogP contribution in [0.2, 0.25) is 0 Å². The summed E-state index contributed by atoms with van der Waals surface area (Å²) in [6.45, 7) is 9.84. The minimum absolute atomic E-state index is 0.113. The lowest BCUT2D eigenvalue weighted by atomic mass is 9.92. The number of nitrogens with zero attached hydrogens (tertiary/aromatic N) is 2. The van der Waals surface area contributed by atoms with Crippen LogP contribution in [0.5, 0.6) is 0 Å². The first-order valence-corrected chi connectivity index (χ1v) is 6.82. The Balaban J connectivity index is 2.06. The number of morpholine rings is 1. The molecule has 1 N–H and O–H groups in total. The topological polar surface area (TPSA) is 67.6 Å². The second-order valence-corrected chi connectivity index (χ2v) is 6.60. The van der Waals surface area contributed by atoms with E-state index in [-0.39, 0.29) is 11.3 Å². The average molecular weight is 281 g/mol. The van der Waals surface area contributed by atoms with Crippen LogP contribution in [0, 0.1) is 0 Å². The average Bonchev–Trinajstić information content (AvgIpc) is 2.76. The summed E-state index contributed by atoms with van der Waals surface area (Å²) in [6.07, 6.45) is 0. The van der Waals surface area contributed by atoms with Gasteiger partial charge in [-0.25, -0.2) is 0 Å². The molecule has 1 aliphatic rings. The number of carbonyl (C=O) groups is 1. The van der Waals surface area contributed by atoms with Crippen molar-refractivity contribution in [1.82, 2.24) is 10.1 Å². The molecule has 0 unspecified atom stereocenters. The summed E-state index contributed by atoms with van der Waals surface area (Å²) in [5.41, 5.74) is -0.167. The molecule has 1 aromatic rings. The summed E-state index contributed by atoms with van der Waals surface area (Å²) in [7, 11) is 1.97. The predicted molar refractivity (Wildman–Crippen MR) is 75.7 cm³/mol. The molecule has 6 heteroatoms. The molecule has 0 saturated carbocycles. The second kappa shape index (κ2) is 5.18. The highest BCUT2D eigenvalue weighted by molar-refractivity contribution is 5.96. The quantitative estimate of drug-likeness (QED) is 0.892. The minimum Gasteiger partial charge on any atom is -0.363 e. The van der Waals surface area contributed by atoms with Gasteiger partial charge in [-0.1, -0.05) is 25.9 Å². The van der Waals surface area contributed by atoms with E-state index in [9.17, 15) is 4.79 Å². The lowest BCUT2D eigenvalue weighted by Gasteiger charge is -2.37. The van der Waals surface area contributed by atoms with Crippen LogP contribution in [0.15, 0.2) is 10.6 Å². The van der Waals surface area contributed by atoms with E-state index in [0.29, 0.717) is 19.0 Å². The van der Waals surface area contributed by atoms with Crippen LogP contribution in [0.1, 0.15) is 33.4 Å². The van der Waals surface area contributed by atoms with Gasteiger partial charge in [0.25, 0.3) is 5.91 Å². The molecule has 112 valence electrons. The Morgan fingerprint density at radius 1 is 1.50 bits per heavy atom. The summed E-state index contributed by atoms with van der Waals surface area (Å²) in [4.78, 5) is 14.4. The van der Waals surface area contributed by atoms with E-state index in [1.54, 1.807) is 13.0 Å². The SMILES string of the molecule is CN1CCO[C@@](C)(C(=O)Nc2cc(C(C)(C)C)no2)C1. The summed E-state index contributed by atoms with van der Waals surface area (Å²) in [6, 6.07) is 1.76. The zero-order chi connectivity index (χ0) is 15.0. The first kappa shape index (κ1) is 15.0. The molecule has 1 atom stereocenters. The van der Waals surface area contributed by atoms with Gasteiger partial charge in [-0.2, -0.15) is 0 Å². The van der Waals surface area contributed by atoms with Crippen molar-refractivity contribution in [2.45, 2.75) is 38.7 Å². The van der Waals surface area contributed by atoms with Crippen LogP contribution >= 0.6 is 0 Å². The van der Waals surface area contributed by atoms with E-state index >= 15 is 0 Å². The van der Waals surface area contributed by atoms with Crippen LogP contribution in [0.3, 0.4) is 0 Å². The summed E-state index contributed by atoms with van der Waals surface area (Å²) in [5, 5.41) is 6.73. The highest BCUT2D eigenvalue weighted by atomic mass is 16.5. The Morgan fingerprint density at radius 3 is 2.75 bits per heavy atom. The van der Waals surface area contributed by atoms with Gasteiger partial charge in [-0.05, 0) is 14.0 Å². The molecule has 20 heavy (non-hydrogen) atoms. The Kier molecular flexibility index (Phi) is 3.88. The fourth-order valence-electron chi connectivity index (χ4n) is 2.14. The first-order chi connectivity index (χ1) is 9.21. The fraction of sp³-hybridized carbons (Fsp3) is 0.714. The van der Waals surface area contributed by atoms with E-state index < -0.39 is 5.60 Å². The van der Waals surface area contributed by atoms with Crippen LogP contribution < -0.4 is 5.32 Å². The van der Waals surface area contributed by atoms with Crippen molar-refractivity contribution < 1.29 is 14.1 Å². The van der Waals surface area contributed by atoms with Gasteiger partial charge in [0, 0.05) is 24.6 Å². The molecule has 2 rings (SSSR count). The molecule has 1 saturated heterocycles. The molecule has 1 aliphatic heterocycles. The number of aromatic nitrogens is 1. The van der Waals surface area contributed by atoms with Crippen molar-refractivity contribution in [2.75, 3.05) is 32.1 Å². The number of likely N-dealkylation sites (N-methyl/N-ethyl adjacent to an activating group) is 1. The first-order valence-electron chi connectivity index (χ1n) is 6.82. The Labute approximate surface area is 119 Å².